The maximum absolute atomic E-state index is 5.90. The van der Waals surface area contributed by atoms with Gasteiger partial charge in [0.1, 0.15) is 0 Å². The first kappa shape index (κ1) is 6.62. The lowest BCUT2D eigenvalue weighted by atomic mass is 10.2. The molecule has 0 bridgehead atoms. The van der Waals surface area contributed by atoms with E-state index in [9.17, 15) is 0 Å². The maximum atomic E-state index is 5.90. The highest BCUT2D eigenvalue weighted by atomic mass is 35.5. The first-order chi connectivity index (χ1) is 5.38. The van der Waals surface area contributed by atoms with Gasteiger partial charge in [-0.3, -0.25) is 4.98 Å². The van der Waals surface area contributed by atoms with Crippen molar-refractivity contribution in [2.75, 3.05) is 0 Å². The Labute approximate surface area is 69.6 Å². The first-order valence-electron chi connectivity index (χ1n) is 3.29. The number of aromatic nitrogens is 1. The third-order valence-electron chi connectivity index (χ3n) is 1.52. The van der Waals surface area contributed by atoms with Crippen molar-refractivity contribution in [1.82, 2.24) is 4.98 Å². The Morgan fingerprint density at radius 3 is 3.09 bits per heavy atom. The molecule has 0 aliphatic rings. The van der Waals surface area contributed by atoms with Crippen LogP contribution in [0.25, 0.3) is 10.9 Å². The monoisotopic (exact) mass is 162 g/mol. The van der Waals surface area contributed by atoms with Gasteiger partial charge < -0.3 is 0 Å². The molecule has 1 radical (unpaired) electrons. The molecule has 0 saturated carbocycles. The molecule has 0 N–H and O–H groups in total. The fraction of sp³-hybridized carbons (Fsp3) is 0. The Bertz CT molecular complexity index is 379. The molecule has 2 heteroatoms. The molecule has 0 aliphatic carbocycles. The van der Waals surface area contributed by atoms with Crippen molar-refractivity contribution in [3.63, 3.8) is 0 Å². The van der Waals surface area contributed by atoms with Crippen molar-refractivity contribution >= 4 is 22.5 Å². The summed E-state index contributed by atoms with van der Waals surface area (Å²) in [4.78, 5) is 4.10. The van der Waals surface area contributed by atoms with Gasteiger partial charge >= 0.3 is 0 Å². The lowest BCUT2D eigenvalue weighted by Crippen LogP contribution is -1.77. The van der Waals surface area contributed by atoms with Crippen LogP contribution < -0.4 is 0 Å². The zero-order valence-corrected chi connectivity index (χ0v) is 6.47. The average molecular weight is 163 g/mol. The van der Waals surface area contributed by atoms with Crippen molar-refractivity contribution in [2.45, 2.75) is 0 Å². The zero-order valence-electron chi connectivity index (χ0n) is 5.71. The van der Waals surface area contributed by atoms with Crippen molar-refractivity contribution < 1.29 is 0 Å². The van der Waals surface area contributed by atoms with E-state index in [-0.39, 0.29) is 0 Å². The molecule has 0 fully saturated rings. The molecule has 0 unspecified atom stereocenters. The number of fused-ring (bicyclic) bond motifs is 1. The Balaban J connectivity index is 2.91. The fourth-order valence-electron chi connectivity index (χ4n) is 0.995. The van der Waals surface area contributed by atoms with Gasteiger partial charge in [0, 0.05) is 17.6 Å². The summed E-state index contributed by atoms with van der Waals surface area (Å²) in [5, 5.41) is 1.68. The third-order valence-corrected chi connectivity index (χ3v) is 1.85. The summed E-state index contributed by atoms with van der Waals surface area (Å²) >= 11 is 5.90. The van der Waals surface area contributed by atoms with Crippen molar-refractivity contribution in [2.24, 2.45) is 0 Å². The van der Waals surface area contributed by atoms with Crippen LogP contribution in [0.1, 0.15) is 0 Å². The smallest absolute Gasteiger partial charge is 0.0796 e. The molecule has 0 spiro atoms. The standard InChI is InChI=1S/C9H5ClN/c10-8-5-6-11-9-4-2-1-3-7(8)9/h1-3,5-6H. The topological polar surface area (TPSA) is 12.9 Å². The molecule has 0 aliphatic heterocycles. The van der Waals surface area contributed by atoms with Crippen LogP contribution in [0.5, 0.6) is 0 Å². The summed E-state index contributed by atoms with van der Waals surface area (Å²) in [5.41, 5.74) is 0.819. The van der Waals surface area contributed by atoms with Crippen molar-refractivity contribution in [3.8, 4) is 0 Å². The highest BCUT2D eigenvalue weighted by Gasteiger charge is 1.95. The minimum atomic E-state index is 0.729. The Morgan fingerprint density at radius 1 is 1.36 bits per heavy atom. The Hall–Kier alpha value is -1.08. The second kappa shape index (κ2) is 2.51. The molecule has 53 valence electrons. The number of nitrogens with zero attached hydrogens (tertiary/aromatic N) is 1. The van der Waals surface area contributed by atoms with Gasteiger partial charge in [-0.05, 0) is 6.07 Å². The van der Waals surface area contributed by atoms with Gasteiger partial charge in [-0.25, -0.2) is 0 Å². The van der Waals surface area contributed by atoms with Crippen molar-refractivity contribution in [3.05, 3.63) is 41.6 Å². The molecule has 1 heterocycles. The molecular formula is C9H5ClN. The van der Waals surface area contributed by atoms with Crippen LogP contribution in [0.4, 0.5) is 0 Å². The summed E-state index contributed by atoms with van der Waals surface area (Å²) in [6.45, 7) is 0. The van der Waals surface area contributed by atoms with E-state index in [4.69, 9.17) is 11.6 Å². The van der Waals surface area contributed by atoms with Gasteiger partial charge in [0.05, 0.1) is 10.5 Å². The molecule has 2 rings (SSSR count). The Kier molecular flexibility index (Phi) is 1.51. The number of rotatable bonds is 0. The van der Waals surface area contributed by atoms with Crippen LogP contribution >= 0.6 is 11.6 Å². The van der Waals surface area contributed by atoms with Crippen LogP contribution in [0.2, 0.25) is 5.02 Å². The van der Waals surface area contributed by atoms with E-state index < -0.39 is 0 Å². The largest absolute Gasteiger partial charge is 0.255 e. The second-order valence-electron chi connectivity index (χ2n) is 2.23. The maximum Gasteiger partial charge on any atom is 0.0796 e. The van der Waals surface area contributed by atoms with Gasteiger partial charge in [-0.15, -0.1) is 0 Å². The van der Waals surface area contributed by atoms with E-state index >= 15 is 0 Å². The predicted molar refractivity (Wildman–Crippen MR) is 45.6 cm³/mol. The molecule has 2 aromatic rings. The van der Waals surface area contributed by atoms with Gasteiger partial charge in [-0.1, -0.05) is 29.8 Å². The van der Waals surface area contributed by atoms with E-state index in [1.165, 1.54) is 0 Å². The molecule has 1 aromatic carbocycles. The highest BCUT2D eigenvalue weighted by Crippen LogP contribution is 2.19. The molecule has 1 nitrogen and oxygen atoms in total. The van der Waals surface area contributed by atoms with E-state index in [2.05, 4.69) is 11.1 Å². The fourth-order valence-corrected chi connectivity index (χ4v) is 1.20. The lowest BCUT2D eigenvalue weighted by molar-refractivity contribution is 1.41. The number of hydrogen-bond donors (Lipinski definition) is 0. The molecule has 0 amide bonds. The molecule has 1 aromatic heterocycles. The van der Waals surface area contributed by atoms with E-state index in [0.717, 1.165) is 15.9 Å². The van der Waals surface area contributed by atoms with Gasteiger partial charge in [-0.2, -0.15) is 0 Å². The number of pyridine rings is 1. The predicted octanol–water partition coefficient (Wildman–Crippen LogP) is 2.69. The molecular weight excluding hydrogens is 158 g/mol. The van der Waals surface area contributed by atoms with Gasteiger partial charge in [0.25, 0.3) is 0 Å². The molecule has 0 saturated heterocycles. The van der Waals surface area contributed by atoms with Crippen molar-refractivity contribution in [1.29, 1.82) is 0 Å². The average Bonchev–Trinajstić information content (AvgIpc) is 2.06. The van der Waals surface area contributed by atoms with Crippen LogP contribution in [0, 0.1) is 6.07 Å². The summed E-state index contributed by atoms with van der Waals surface area (Å²) in [5.74, 6) is 0. The molecule has 0 atom stereocenters. The quantitative estimate of drug-likeness (QED) is 0.581. The Morgan fingerprint density at radius 2 is 2.27 bits per heavy atom. The SMILES string of the molecule is Clc1ccnc2[c]cccc12. The van der Waals surface area contributed by atoms with Crippen LogP contribution in [0.15, 0.2) is 30.5 Å². The summed E-state index contributed by atoms with van der Waals surface area (Å²) in [6.07, 6.45) is 1.68. The minimum Gasteiger partial charge on any atom is -0.255 e. The lowest BCUT2D eigenvalue weighted by Gasteiger charge is -1.95. The van der Waals surface area contributed by atoms with Gasteiger partial charge in [0.2, 0.25) is 0 Å². The number of hydrogen-bond acceptors (Lipinski definition) is 1. The summed E-state index contributed by atoms with van der Waals surface area (Å²) in [6, 6.07) is 10.4. The van der Waals surface area contributed by atoms with Gasteiger partial charge in [0.15, 0.2) is 0 Å². The van der Waals surface area contributed by atoms with E-state index in [0.29, 0.717) is 0 Å². The first-order valence-corrected chi connectivity index (χ1v) is 3.66. The van der Waals surface area contributed by atoms with E-state index in [1.54, 1.807) is 12.3 Å². The zero-order chi connectivity index (χ0) is 7.68. The van der Waals surface area contributed by atoms with Crippen LogP contribution in [-0.2, 0) is 0 Å². The minimum absolute atomic E-state index is 0.729. The number of para-hydroxylation sites is 1. The highest BCUT2D eigenvalue weighted by molar-refractivity contribution is 6.35. The second-order valence-corrected chi connectivity index (χ2v) is 2.63. The number of halogens is 1. The van der Waals surface area contributed by atoms with Crippen LogP contribution in [0.3, 0.4) is 0 Å². The van der Waals surface area contributed by atoms with E-state index in [1.807, 2.05) is 18.2 Å². The molecule has 11 heavy (non-hydrogen) atoms. The third kappa shape index (κ3) is 1.08. The summed E-state index contributed by atoms with van der Waals surface area (Å²) in [7, 11) is 0. The van der Waals surface area contributed by atoms with Crippen LogP contribution in [-0.4, -0.2) is 4.98 Å². The normalized spacial score (nSPS) is 10.3. The number of benzene rings is 1. The summed E-state index contributed by atoms with van der Waals surface area (Å²) < 4.78 is 0.